The van der Waals surface area contributed by atoms with Crippen LogP contribution in [-0.2, 0) is 11.2 Å². The lowest BCUT2D eigenvalue weighted by molar-refractivity contribution is -0.131. The van der Waals surface area contributed by atoms with E-state index in [1.54, 1.807) is 0 Å². The number of hydrogen-bond acceptors (Lipinski definition) is 5. The van der Waals surface area contributed by atoms with E-state index in [0.717, 1.165) is 88.6 Å². The Morgan fingerprint density at radius 3 is 2.47 bits per heavy atom. The number of likely N-dealkylation sites (tertiary alicyclic amines) is 1. The molecule has 0 spiro atoms. The second kappa shape index (κ2) is 10.4. The number of piperazine rings is 1. The first-order valence-corrected chi connectivity index (χ1v) is 11.7. The number of Topliss-reactive ketones (excluding diaryl/α,β-unsaturated/α-hetero) is 1. The van der Waals surface area contributed by atoms with Gasteiger partial charge in [0, 0.05) is 51.3 Å². The Kier molecular flexibility index (Phi) is 7.39. The third-order valence-corrected chi connectivity index (χ3v) is 6.67. The number of carbonyl (C=O) groups is 2. The van der Waals surface area contributed by atoms with Crippen molar-refractivity contribution in [3.8, 4) is 5.75 Å². The molecule has 3 aliphatic rings. The number of fused-ring (bicyclic) bond motifs is 1. The molecule has 0 aromatic heterocycles. The predicted molar refractivity (Wildman–Crippen MR) is 117 cm³/mol. The van der Waals surface area contributed by atoms with Crippen molar-refractivity contribution in [2.75, 3.05) is 59.0 Å². The number of unbranched alkanes of at least 4 members (excludes halogenated alkanes) is 2. The first-order chi connectivity index (χ1) is 14.7. The molecule has 0 unspecified atom stereocenters. The number of carbonyl (C=O) groups excluding carboxylic acids is 2. The van der Waals surface area contributed by atoms with Gasteiger partial charge in [-0.25, -0.2) is 0 Å². The quantitative estimate of drug-likeness (QED) is 0.583. The summed E-state index contributed by atoms with van der Waals surface area (Å²) in [7, 11) is 0. The van der Waals surface area contributed by atoms with Gasteiger partial charge in [-0.15, -0.1) is 0 Å². The smallest absolute Gasteiger partial charge is 0.236 e. The summed E-state index contributed by atoms with van der Waals surface area (Å²) < 4.78 is 5.88. The molecule has 164 valence electrons. The second-order valence-corrected chi connectivity index (χ2v) is 8.86. The van der Waals surface area contributed by atoms with E-state index in [0.29, 0.717) is 18.9 Å². The highest BCUT2D eigenvalue weighted by Crippen LogP contribution is 2.26. The summed E-state index contributed by atoms with van der Waals surface area (Å²) in [6.45, 7) is 8.52. The number of amides is 1. The standard InChI is InChI=1S/C24H35N3O3/c28-23-9-6-20-18-21(7-8-22(20)23)30-17-5-1-2-10-25-13-15-26(16-14-25)19-24(29)27-11-3-4-12-27/h7-8,18H,1-6,9-17,19H2. The third kappa shape index (κ3) is 5.61. The van der Waals surface area contributed by atoms with E-state index >= 15 is 0 Å². The monoisotopic (exact) mass is 413 g/mol. The zero-order valence-electron chi connectivity index (χ0n) is 18.1. The van der Waals surface area contributed by atoms with Crippen LogP contribution < -0.4 is 4.74 Å². The Bertz CT molecular complexity index is 737. The van der Waals surface area contributed by atoms with Gasteiger partial charge in [-0.1, -0.05) is 0 Å². The van der Waals surface area contributed by atoms with E-state index < -0.39 is 0 Å². The molecule has 0 bridgehead atoms. The molecule has 30 heavy (non-hydrogen) atoms. The maximum atomic E-state index is 12.3. The van der Waals surface area contributed by atoms with Crippen LogP contribution in [0.5, 0.6) is 5.75 Å². The van der Waals surface area contributed by atoms with Crippen molar-refractivity contribution < 1.29 is 14.3 Å². The van der Waals surface area contributed by atoms with Gasteiger partial charge in [0.2, 0.25) is 5.91 Å². The summed E-state index contributed by atoms with van der Waals surface area (Å²) in [6, 6.07) is 5.88. The molecule has 0 radical (unpaired) electrons. The molecule has 1 aromatic carbocycles. The molecule has 0 atom stereocenters. The minimum absolute atomic E-state index is 0.260. The summed E-state index contributed by atoms with van der Waals surface area (Å²) >= 11 is 0. The highest BCUT2D eigenvalue weighted by Gasteiger charge is 2.23. The van der Waals surface area contributed by atoms with Gasteiger partial charge in [-0.05, 0) is 68.8 Å². The Hall–Kier alpha value is -1.92. The lowest BCUT2D eigenvalue weighted by atomic mass is 10.1. The molecule has 6 nitrogen and oxygen atoms in total. The van der Waals surface area contributed by atoms with Gasteiger partial charge in [0.15, 0.2) is 5.78 Å². The Morgan fingerprint density at radius 2 is 1.67 bits per heavy atom. The van der Waals surface area contributed by atoms with Gasteiger partial charge in [-0.2, -0.15) is 0 Å². The SMILES string of the molecule is O=C1CCc2cc(OCCCCCN3CCN(CC(=O)N4CCCC4)CC3)ccc21. The molecule has 1 amide bonds. The highest BCUT2D eigenvalue weighted by atomic mass is 16.5. The van der Waals surface area contributed by atoms with E-state index in [-0.39, 0.29) is 5.78 Å². The van der Waals surface area contributed by atoms with Gasteiger partial charge >= 0.3 is 0 Å². The van der Waals surface area contributed by atoms with Gasteiger partial charge in [0.25, 0.3) is 0 Å². The summed E-state index contributed by atoms with van der Waals surface area (Å²) in [5, 5.41) is 0. The van der Waals surface area contributed by atoms with Crippen LogP contribution in [-0.4, -0.2) is 85.4 Å². The van der Waals surface area contributed by atoms with Crippen LogP contribution in [0.3, 0.4) is 0 Å². The van der Waals surface area contributed by atoms with Crippen LogP contribution in [0.4, 0.5) is 0 Å². The largest absolute Gasteiger partial charge is 0.494 e. The zero-order valence-corrected chi connectivity index (χ0v) is 18.1. The average molecular weight is 414 g/mol. The molecular formula is C24H35N3O3. The van der Waals surface area contributed by atoms with E-state index in [4.69, 9.17) is 4.74 Å². The number of ether oxygens (including phenoxy) is 1. The number of ketones is 1. The number of aryl methyl sites for hydroxylation is 1. The van der Waals surface area contributed by atoms with E-state index in [1.165, 1.54) is 19.3 Å². The average Bonchev–Trinajstić information content (AvgIpc) is 3.42. The fourth-order valence-corrected chi connectivity index (χ4v) is 4.75. The fraction of sp³-hybridized carbons (Fsp3) is 0.667. The van der Waals surface area contributed by atoms with Crippen LogP contribution >= 0.6 is 0 Å². The number of hydrogen-bond donors (Lipinski definition) is 0. The summed E-state index contributed by atoms with van der Waals surface area (Å²) in [6.07, 6.45) is 7.23. The molecule has 0 N–H and O–H groups in total. The first-order valence-electron chi connectivity index (χ1n) is 11.7. The van der Waals surface area contributed by atoms with Crippen LogP contribution in [0.2, 0.25) is 0 Å². The fourth-order valence-electron chi connectivity index (χ4n) is 4.75. The minimum Gasteiger partial charge on any atom is -0.494 e. The van der Waals surface area contributed by atoms with Crippen molar-refractivity contribution in [3.63, 3.8) is 0 Å². The summed E-state index contributed by atoms with van der Waals surface area (Å²) in [5.74, 6) is 1.47. The van der Waals surface area contributed by atoms with Crippen LogP contribution in [0, 0.1) is 0 Å². The third-order valence-electron chi connectivity index (χ3n) is 6.67. The second-order valence-electron chi connectivity index (χ2n) is 8.86. The Labute approximate surface area is 180 Å². The molecule has 2 aliphatic heterocycles. The maximum absolute atomic E-state index is 12.3. The van der Waals surface area contributed by atoms with Gasteiger partial charge in [0.1, 0.15) is 5.75 Å². The van der Waals surface area contributed by atoms with Gasteiger partial charge in [0.05, 0.1) is 13.2 Å². The molecule has 4 rings (SSSR count). The molecule has 0 saturated carbocycles. The number of benzene rings is 1. The summed E-state index contributed by atoms with van der Waals surface area (Å²) in [5.41, 5.74) is 2.02. The Morgan fingerprint density at radius 1 is 0.900 bits per heavy atom. The van der Waals surface area contributed by atoms with E-state index in [1.807, 2.05) is 23.1 Å². The van der Waals surface area contributed by atoms with Crippen molar-refractivity contribution in [3.05, 3.63) is 29.3 Å². The lowest BCUT2D eigenvalue weighted by Gasteiger charge is -2.35. The van der Waals surface area contributed by atoms with Crippen molar-refractivity contribution in [2.45, 2.75) is 44.9 Å². The van der Waals surface area contributed by atoms with Crippen molar-refractivity contribution >= 4 is 11.7 Å². The van der Waals surface area contributed by atoms with Crippen molar-refractivity contribution in [2.24, 2.45) is 0 Å². The van der Waals surface area contributed by atoms with Crippen molar-refractivity contribution in [1.82, 2.24) is 14.7 Å². The number of rotatable bonds is 9. The molecule has 2 heterocycles. The lowest BCUT2D eigenvalue weighted by Crippen LogP contribution is -2.49. The van der Waals surface area contributed by atoms with E-state index in [9.17, 15) is 9.59 Å². The highest BCUT2D eigenvalue weighted by molar-refractivity contribution is 6.00. The van der Waals surface area contributed by atoms with E-state index in [2.05, 4.69) is 9.80 Å². The minimum atomic E-state index is 0.260. The normalized spacial score (nSPS) is 20.0. The van der Waals surface area contributed by atoms with Gasteiger partial charge in [-0.3, -0.25) is 14.5 Å². The summed E-state index contributed by atoms with van der Waals surface area (Å²) in [4.78, 5) is 30.8. The molecule has 1 aromatic rings. The first kappa shape index (κ1) is 21.3. The number of nitrogens with zero attached hydrogens (tertiary/aromatic N) is 3. The van der Waals surface area contributed by atoms with Crippen LogP contribution in [0.25, 0.3) is 0 Å². The molecule has 1 aliphatic carbocycles. The Balaban J connectivity index is 1.05. The predicted octanol–water partition coefficient (Wildman–Crippen LogP) is 2.60. The molecule has 2 saturated heterocycles. The molecule has 6 heteroatoms. The molecule has 2 fully saturated rings. The van der Waals surface area contributed by atoms with Crippen molar-refractivity contribution in [1.29, 1.82) is 0 Å². The maximum Gasteiger partial charge on any atom is 0.236 e. The topological polar surface area (TPSA) is 53.1 Å². The van der Waals surface area contributed by atoms with Gasteiger partial charge < -0.3 is 14.5 Å². The zero-order chi connectivity index (χ0) is 20.8. The van der Waals surface area contributed by atoms with Crippen LogP contribution in [0.1, 0.15) is 54.4 Å². The molecular weight excluding hydrogens is 378 g/mol. The van der Waals surface area contributed by atoms with Crippen LogP contribution in [0.15, 0.2) is 18.2 Å².